The van der Waals surface area contributed by atoms with Crippen molar-refractivity contribution in [1.29, 1.82) is 0 Å². The SMILES string of the molecule is COc1ccc(CC(=O)/N=c2/ccn(-c3ccccc3)nc2)cc1OC. The summed E-state index contributed by atoms with van der Waals surface area (Å²) >= 11 is 0. The van der Waals surface area contributed by atoms with Crippen LogP contribution in [0.1, 0.15) is 5.56 Å². The summed E-state index contributed by atoms with van der Waals surface area (Å²) in [5, 5.41) is 4.81. The molecule has 0 unspecified atom stereocenters. The van der Waals surface area contributed by atoms with Crippen molar-refractivity contribution in [3.63, 3.8) is 0 Å². The molecule has 0 radical (unpaired) electrons. The Balaban J connectivity index is 1.75. The topological polar surface area (TPSA) is 65.7 Å². The van der Waals surface area contributed by atoms with Gasteiger partial charge in [0.2, 0.25) is 0 Å². The minimum atomic E-state index is -0.253. The Morgan fingerprint density at radius 2 is 1.81 bits per heavy atom. The monoisotopic (exact) mass is 349 g/mol. The highest BCUT2D eigenvalue weighted by atomic mass is 16.5. The summed E-state index contributed by atoms with van der Waals surface area (Å²) in [7, 11) is 3.13. The van der Waals surface area contributed by atoms with Crippen molar-refractivity contribution in [3.8, 4) is 17.2 Å². The molecule has 0 saturated heterocycles. The Labute approximate surface area is 151 Å². The maximum Gasteiger partial charge on any atom is 0.250 e. The van der Waals surface area contributed by atoms with E-state index in [9.17, 15) is 4.79 Å². The molecule has 0 atom stereocenters. The van der Waals surface area contributed by atoms with Gasteiger partial charge in [0, 0.05) is 6.20 Å². The number of rotatable bonds is 5. The van der Waals surface area contributed by atoms with E-state index >= 15 is 0 Å². The second kappa shape index (κ2) is 8.11. The number of para-hydroxylation sites is 1. The van der Waals surface area contributed by atoms with Crippen LogP contribution in [0.4, 0.5) is 0 Å². The predicted octanol–water partition coefficient (Wildman–Crippen LogP) is 2.56. The van der Waals surface area contributed by atoms with Gasteiger partial charge in [0.1, 0.15) is 0 Å². The Hall–Kier alpha value is -3.41. The fourth-order valence-corrected chi connectivity index (χ4v) is 2.50. The molecule has 3 rings (SSSR count). The van der Waals surface area contributed by atoms with E-state index < -0.39 is 0 Å². The summed E-state index contributed by atoms with van der Waals surface area (Å²) in [4.78, 5) is 16.3. The zero-order chi connectivity index (χ0) is 18.4. The third-order valence-electron chi connectivity index (χ3n) is 3.78. The maximum atomic E-state index is 12.2. The molecule has 3 aromatic rings. The van der Waals surface area contributed by atoms with E-state index in [4.69, 9.17) is 9.47 Å². The van der Waals surface area contributed by atoms with Gasteiger partial charge in [0.25, 0.3) is 5.91 Å². The molecule has 0 N–H and O–H groups in total. The number of ether oxygens (including phenoxy) is 2. The van der Waals surface area contributed by atoms with E-state index in [1.165, 1.54) is 0 Å². The minimum absolute atomic E-state index is 0.175. The second-order valence-corrected chi connectivity index (χ2v) is 5.54. The molecule has 0 aliphatic heterocycles. The molecule has 0 aliphatic rings. The van der Waals surface area contributed by atoms with E-state index in [1.54, 1.807) is 49.5 Å². The first-order valence-corrected chi connectivity index (χ1v) is 8.08. The third-order valence-corrected chi connectivity index (χ3v) is 3.78. The molecule has 0 aliphatic carbocycles. The van der Waals surface area contributed by atoms with Gasteiger partial charge in [-0.3, -0.25) is 4.79 Å². The quantitative estimate of drug-likeness (QED) is 0.710. The van der Waals surface area contributed by atoms with E-state index in [0.717, 1.165) is 11.3 Å². The van der Waals surface area contributed by atoms with Crippen LogP contribution in [0.15, 0.2) is 72.0 Å². The number of nitrogens with zero attached hydrogens (tertiary/aromatic N) is 3. The van der Waals surface area contributed by atoms with Crippen molar-refractivity contribution < 1.29 is 14.3 Å². The average molecular weight is 349 g/mol. The van der Waals surface area contributed by atoms with Gasteiger partial charge in [-0.25, -0.2) is 9.67 Å². The number of amides is 1. The molecule has 1 aromatic heterocycles. The zero-order valence-corrected chi connectivity index (χ0v) is 14.6. The fourth-order valence-electron chi connectivity index (χ4n) is 2.50. The van der Waals surface area contributed by atoms with Gasteiger partial charge in [-0.05, 0) is 35.9 Å². The predicted molar refractivity (Wildman–Crippen MR) is 97.4 cm³/mol. The summed E-state index contributed by atoms with van der Waals surface area (Å²) in [6.07, 6.45) is 3.52. The fraction of sp³-hybridized carbons (Fsp3) is 0.150. The Morgan fingerprint density at radius 1 is 1.04 bits per heavy atom. The number of carbonyl (C=O) groups is 1. The first-order chi connectivity index (χ1) is 12.7. The Bertz CT molecular complexity index is 945. The van der Waals surface area contributed by atoms with Crippen molar-refractivity contribution in [2.75, 3.05) is 14.2 Å². The van der Waals surface area contributed by atoms with Crippen LogP contribution in [0.25, 0.3) is 5.69 Å². The number of hydrogen-bond donors (Lipinski definition) is 0. The summed E-state index contributed by atoms with van der Waals surface area (Å²) in [6, 6.07) is 16.9. The molecule has 6 heteroatoms. The number of methoxy groups -OCH3 is 2. The van der Waals surface area contributed by atoms with Gasteiger partial charge < -0.3 is 9.47 Å². The standard InChI is InChI=1S/C20H19N3O3/c1-25-18-9-8-15(12-19(18)26-2)13-20(24)22-16-10-11-23(21-14-16)17-6-4-3-5-7-17/h3-12,14H,13H2,1-2H3/b22-16-. The molecule has 132 valence electrons. The number of aromatic nitrogens is 2. The summed E-state index contributed by atoms with van der Waals surface area (Å²) < 4.78 is 12.2. The van der Waals surface area contributed by atoms with Crippen LogP contribution < -0.4 is 14.8 Å². The van der Waals surface area contributed by atoms with Crippen LogP contribution in [0.2, 0.25) is 0 Å². The van der Waals surface area contributed by atoms with Crippen LogP contribution in [-0.2, 0) is 11.2 Å². The van der Waals surface area contributed by atoms with Gasteiger partial charge in [0.05, 0.1) is 37.9 Å². The highest BCUT2D eigenvalue weighted by Gasteiger charge is 2.07. The Morgan fingerprint density at radius 3 is 2.46 bits per heavy atom. The molecule has 6 nitrogen and oxygen atoms in total. The lowest BCUT2D eigenvalue weighted by Gasteiger charge is -2.08. The molecule has 0 spiro atoms. The van der Waals surface area contributed by atoms with Crippen molar-refractivity contribution in [1.82, 2.24) is 9.78 Å². The highest BCUT2D eigenvalue weighted by Crippen LogP contribution is 2.27. The molecular weight excluding hydrogens is 330 g/mol. The lowest BCUT2D eigenvalue weighted by molar-refractivity contribution is -0.117. The molecule has 1 amide bonds. The third kappa shape index (κ3) is 4.16. The molecular formula is C20H19N3O3. The number of carbonyl (C=O) groups excluding carboxylic acids is 1. The first-order valence-electron chi connectivity index (χ1n) is 8.08. The average Bonchev–Trinajstić information content (AvgIpc) is 2.69. The van der Waals surface area contributed by atoms with Crippen molar-refractivity contribution >= 4 is 5.91 Å². The smallest absolute Gasteiger partial charge is 0.250 e. The van der Waals surface area contributed by atoms with Gasteiger partial charge >= 0.3 is 0 Å². The van der Waals surface area contributed by atoms with Crippen molar-refractivity contribution in [2.45, 2.75) is 6.42 Å². The van der Waals surface area contributed by atoms with Crippen LogP contribution in [0.5, 0.6) is 11.5 Å². The van der Waals surface area contributed by atoms with Gasteiger partial charge in [-0.15, -0.1) is 0 Å². The number of benzene rings is 2. The van der Waals surface area contributed by atoms with E-state index in [0.29, 0.717) is 16.9 Å². The summed E-state index contributed by atoms with van der Waals surface area (Å²) in [5.74, 6) is 0.956. The Kier molecular flexibility index (Phi) is 5.43. The normalized spacial score (nSPS) is 11.2. The molecule has 0 fully saturated rings. The van der Waals surface area contributed by atoms with E-state index in [-0.39, 0.29) is 12.3 Å². The molecule has 2 aromatic carbocycles. The molecule has 1 heterocycles. The lowest BCUT2D eigenvalue weighted by Crippen LogP contribution is -2.12. The highest BCUT2D eigenvalue weighted by molar-refractivity contribution is 5.79. The van der Waals surface area contributed by atoms with Crippen molar-refractivity contribution in [3.05, 3.63) is 77.9 Å². The lowest BCUT2D eigenvalue weighted by atomic mass is 10.1. The van der Waals surface area contributed by atoms with E-state index in [2.05, 4.69) is 10.1 Å². The largest absolute Gasteiger partial charge is 0.493 e. The van der Waals surface area contributed by atoms with Crippen LogP contribution in [0, 0.1) is 0 Å². The van der Waals surface area contributed by atoms with Gasteiger partial charge in [0.15, 0.2) is 11.5 Å². The van der Waals surface area contributed by atoms with Crippen LogP contribution in [-0.4, -0.2) is 29.9 Å². The first kappa shape index (κ1) is 17.4. The molecule has 0 bridgehead atoms. The van der Waals surface area contributed by atoms with Crippen molar-refractivity contribution in [2.24, 2.45) is 4.99 Å². The summed E-state index contributed by atoms with van der Waals surface area (Å²) in [5.41, 5.74) is 1.75. The molecule has 26 heavy (non-hydrogen) atoms. The zero-order valence-electron chi connectivity index (χ0n) is 14.6. The van der Waals surface area contributed by atoms with E-state index in [1.807, 2.05) is 36.4 Å². The van der Waals surface area contributed by atoms with Gasteiger partial charge in [-0.1, -0.05) is 24.3 Å². The summed E-state index contributed by atoms with van der Waals surface area (Å²) in [6.45, 7) is 0. The minimum Gasteiger partial charge on any atom is -0.493 e. The maximum absolute atomic E-state index is 12.2. The second-order valence-electron chi connectivity index (χ2n) is 5.54. The van der Waals surface area contributed by atoms with Crippen LogP contribution >= 0.6 is 0 Å². The van der Waals surface area contributed by atoms with Gasteiger partial charge in [-0.2, -0.15) is 5.10 Å². The molecule has 0 saturated carbocycles. The number of hydrogen-bond acceptors (Lipinski definition) is 4. The van der Waals surface area contributed by atoms with Crippen LogP contribution in [0.3, 0.4) is 0 Å².